The van der Waals surface area contributed by atoms with Crippen LogP contribution in [0.3, 0.4) is 0 Å². The SMILES string of the molecule is CCNc1cc(N)ccc1C(=N)F. The molecule has 1 aromatic rings. The molecule has 3 nitrogen and oxygen atoms in total. The van der Waals surface area contributed by atoms with Gasteiger partial charge in [0.2, 0.25) is 5.97 Å². The Bertz CT molecular complexity index is 323. The summed E-state index contributed by atoms with van der Waals surface area (Å²) >= 11 is 0. The van der Waals surface area contributed by atoms with Crippen molar-refractivity contribution in [2.45, 2.75) is 6.92 Å². The van der Waals surface area contributed by atoms with Gasteiger partial charge in [0.1, 0.15) is 0 Å². The van der Waals surface area contributed by atoms with Crippen LogP contribution >= 0.6 is 0 Å². The molecule has 0 aromatic heterocycles. The van der Waals surface area contributed by atoms with Crippen LogP contribution < -0.4 is 11.1 Å². The van der Waals surface area contributed by atoms with E-state index in [0.717, 1.165) is 0 Å². The molecule has 0 bridgehead atoms. The summed E-state index contributed by atoms with van der Waals surface area (Å²) in [6.45, 7) is 2.57. The van der Waals surface area contributed by atoms with Gasteiger partial charge in [0.25, 0.3) is 0 Å². The van der Waals surface area contributed by atoms with Gasteiger partial charge in [-0.2, -0.15) is 4.39 Å². The maximum Gasteiger partial charge on any atom is 0.214 e. The highest BCUT2D eigenvalue weighted by Gasteiger charge is 2.06. The zero-order valence-electron chi connectivity index (χ0n) is 7.39. The number of nitrogen functional groups attached to an aromatic ring is 1. The summed E-state index contributed by atoms with van der Waals surface area (Å²) in [4.78, 5) is 0. The molecule has 0 spiro atoms. The van der Waals surface area contributed by atoms with Gasteiger partial charge in [0.15, 0.2) is 0 Å². The molecule has 13 heavy (non-hydrogen) atoms. The third-order valence-corrected chi connectivity index (χ3v) is 1.65. The summed E-state index contributed by atoms with van der Waals surface area (Å²) in [5.41, 5.74) is 6.89. The van der Waals surface area contributed by atoms with Crippen molar-refractivity contribution in [1.82, 2.24) is 0 Å². The smallest absolute Gasteiger partial charge is 0.214 e. The minimum absolute atomic E-state index is 0.246. The number of hydrogen-bond donors (Lipinski definition) is 3. The molecule has 1 aromatic carbocycles. The van der Waals surface area contributed by atoms with Crippen LogP contribution in [0.2, 0.25) is 0 Å². The average Bonchev–Trinajstić information content (AvgIpc) is 2.04. The molecular formula is C9H12FN3. The van der Waals surface area contributed by atoms with Crippen LogP contribution in [0, 0.1) is 5.41 Å². The van der Waals surface area contributed by atoms with Crippen LogP contribution in [0.5, 0.6) is 0 Å². The van der Waals surface area contributed by atoms with Gasteiger partial charge in [-0.15, -0.1) is 0 Å². The van der Waals surface area contributed by atoms with E-state index < -0.39 is 5.97 Å². The Morgan fingerprint density at radius 1 is 1.62 bits per heavy atom. The number of nitrogens with two attached hydrogens (primary N) is 1. The van der Waals surface area contributed by atoms with Crippen molar-refractivity contribution < 1.29 is 4.39 Å². The topological polar surface area (TPSA) is 61.9 Å². The van der Waals surface area contributed by atoms with Gasteiger partial charge in [-0.25, -0.2) is 0 Å². The van der Waals surface area contributed by atoms with E-state index in [-0.39, 0.29) is 5.56 Å². The number of rotatable bonds is 3. The molecule has 0 aliphatic carbocycles. The van der Waals surface area contributed by atoms with Gasteiger partial charge < -0.3 is 11.1 Å². The zero-order valence-corrected chi connectivity index (χ0v) is 7.39. The van der Waals surface area contributed by atoms with E-state index in [0.29, 0.717) is 17.9 Å². The molecule has 0 amide bonds. The van der Waals surface area contributed by atoms with Crippen molar-refractivity contribution in [1.29, 1.82) is 5.41 Å². The van der Waals surface area contributed by atoms with Crippen LogP contribution in [0.1, 0.15) is 12.5 Å². The number of nitrogens with one attached hydrogen (secondary N) is 2. The quantitative estimate of drug-likeness (QED) is 0.493. The molecule has 1 rings (SSSR count). The first kappa shape index (κ1) is 9.51. The molecule has 0 saturated carbocycles. The number of anilines is 2. The second-order valence-corrected chi connectivity index (χ2v) is 2.65. The van der Waals surface area contributed by atoms with Gasteiger partial charge in [-0.3, -0.25) is 5.41 Å². The molecule has 0 saturated heterocycles. The van der Waals surface area contributed by atoms with E-state index in [1.165, 1.54) is 6.07 Å². The zero-order chi connectivity index (χ0) is 9.84. The Hall–Kier alpha value is -1.58. The predicted molar refractivity (Wildman–Crippen MR) is 53.0 cm³/mol. The monoisotopic (exact) mass is 181 g/mol. The Morgan fingerprint density at radius 3 is 2.85 bits per heavy atom. The van der Waals surface area contributed by atoms with Crippen molar-refractivity contribution >= 4 is 17.3 Å². The minimum Gasteiger partial charge on any atom is -0.399 e. The van der Waals surface area contributed by atoms with Crippen LogP contribution in [0.4, 0.5) is 15.8 Å². The van der Waals surface area contributed by atoms with Gasteiger partial charge in [0, 0.05) is 17.9 Å². The fourth-order valence-corrected chi connectivity index (χ4v) is 1.09. The second-order valence-electron chi connectivity index (χ2n) is 2.65. The lowest BCUT2D eigenvalue weighted by Crippen LogP contribution is -2.04. The Labute approximate surface area is 76.3 Å². The maximum atomic E-state index is 12.7. The van der Waals surface area contributed by atoms with Crippen LogP contribution in [0.25, 0.3) is 0 Å². The average molecular weight is 181 g/mol. The molecule has 0 unspecified atom stereocenters. The highest BCUT2D eigenvalue weighted by Crippen LogP contribution is 2.19. The number of benzene rings is 1. The first-order valence-corrected chi connectivity index (χ1v) is 4.03. The van der Waals surface area contributed by atoms with Crippen LogP contribution in [-0.4, -0.2) is 12.5 Å². The standard InChI is InChI=1S/C9H12FN3/c1-2-13-8-5-6(11)3-4-7(8)9(10)12/h3-5,12-13H,2,11H2,1H3. The lowest BCUT2D eigenvalue weighted by molar-refractivity contribution is 0.798. The molecule has 0 heterocycles. The van der Waals surface area contributed by atoms with Gasteiger partial charge >= 0.3 is 0 Å². The summed E-state index contributed by atoms with van der Waals surface area (Å²) in [6, 6.07) is 4.69. The first-order valence-electron chi connectivity index (χ1n) is 4.03. The second kappa shape index (κ2) is 3.89. The maximum absolute atomic E-state index is 12.7. The fraction of sp³-hybridized carbons (Fsp3) is 0.222. The molecule has 4 N–H and O–H groups in total. The minimum atomic E-state index is -0.948. The van der Waals surface area contributed by atoms with Crippen molar-refractivity contribution in [3.8, 4) is 0 Å². The molecule has 0 radical (unpaired) electrons. The first-order chi connectivity index (χ1) is 6.15. The van der Waals surface area contributed by atoms with E-state index in [9.17, 15) is 4.39 Å². The summed E-state index contributed by atoms with van der Waals surface area (Å²) in [5, 5.41) is 9.82. The Kier molecular flexibility index (Phi) is 2.84. The van der Waals surface area contributed by atoms with Crippen LogP contribution in [-0.2, 0) is 0 Å². The lowest BCUT2D eigenvalue weighted by Gasteiger charge is -2.08. The van der Waals surface area contributed by atoms with E-state index in [1.807, 2.05) is 6.92 Å². The molecule has 4 heteroatoms. The van der Waals surface area contributed by atoms with Crippen molar-refractivity contribution in [3.05, 3.63) is 23.8 Å². The molecule has 0 atom stereocenters. The van der Waals surface area contributed by atoms with Crippen molar-refractivity contribution in [3.63, 3.8) is 0 Å². The van der Waals surface area contributed by atoms with Gasteiger partial charge in [-0.05, 0) is 25.1 Å². The molecular weight excluding hydrogens is 169 g/mol. The van der Waals surface area contributed by atoms with Crippen molar-refractivity contribution in [2.75, 3.05) is 17.6 Å². The molecule has 0 aliphatic rings. The Balaban J connectivity index is 3.10. The highest BCUT2D eigenvalue weighted by atomic mass is 19.1. The van der Waals surface area contributed by atoms with Crippen LogP contribution in [0.15, 0.2) is 18.2 Å². The summed E-state index contributed by atoms with van der Waals surface area (Å²) in [7, 11) is 0. The van der Waals surface area contributed by atoms with E-state index in [1.54, 1.807) is 12.1 Å². The molecule has 70 valence electrons. The van der Waals surface area contributed by atoms with E-state index in [2.05, 4.69) is 5.32 Å². The third-order valence-electron chi connectivity index (χ3n) is 1.65. The summed E-state index contributed by atoms with van der Waals surface area (Å²) in [6.07, 6.45) is 0. The fourth-order valence-electron chi connectivity index (χ4n) is 1.09. The molecule has 0 fully saturated rings. The number of halogens is 1. The largest absolute Gasteiger partial charge is 0.399 e. The Morgan fingerprint density at radius 2 is 2.31 bits per heavy atom. The summed E-state index contributed by atoms with van der Waals surface area (Å²) < 4.78 is 12.7. The number of hydrogen-bond acceptors (Lipinski definition) is 3. The van der Waals surface area contributed by atoms with E-state index >= 15 is 0 Å². The predicted octanol–water partition coefficient (Wildman–Crippen LogP) is 2.00. The van der Waals surface area contributed by atoms with Gasteiger partial charge in [-0.1, -0.05) is 0 Å². The normalized spacial score (nSPS) is 9.69. The van der Waals surface area contributed by atoms with Gasteiger partial charge in [0.05, 0.1) is 5.56 Å². The third kappa shape index (κ3) is 2.18. The summed E-state index contributed by atoms with van der Waals surface area (Å²) in [5.74, 6) is -0.948. The molecule has 0 aliphatic heterocycles. The highest BCUT2D eigenvalue weighted by molar-refractivity contribution is 5.97. The van der Waals surface area contributed by atoms with E-state index in [4.69, 9.17) is 11.1 Å². The van der Waals surface area contributed by atoms with Crippen molar-refractivity contribution in [2.24, 2.45) is 0 Å². The lowest BCUT2D eigenvalue weighted by atomic mass is 10.1.